The molecule has 5 nitrogen and oxygen atoms in total. The van der Waals surface area contributed by atoms with Crippen LogP contribution in [0.3, 0.4) is 0 Å². The van der Waals surface area contributed by atoms with Crippen molar-refractivity contribution in [3.63, 3.8) is 0 Å². The molecule has 1 fully saturated rings. The summed E-state index contributed by atoms with van der Waals surface area (Å²) >= 11 is 0. The Labute approximate surface area is 100 Å². The van der Waals surface area contributed by atoms with E-state index in [4.69, 9.17) is 0 Å². The number of hydrogen-bond acceptors (Lipinski definition) is 4. The van der Waals surface area contributed by atoms with Gasteiger partial charge in [-0.2, -0.15) is 4.98 Å². The van der Waals surface area contributed by atoms with Crippen molar-refractivity contribution < 1.29 is 0 Å². The Morgan fingerprint density at radius 1 is 1.24 bits per heavy atom. The van der Waals surface area contributed by atoms with E-state index in [0.717, 1.165) is 43.3 Å². The molecule has 5 heteroatoms. The molecular formula is C12H17N5. The maximum atomic E-state index is 4.54. The molecule has 2 aromatic heterocycles. The van der Waals surface area contributed by atoms with Gasteiger partial charge in [-0.25, -0.2) is 4.98 Å². The summed E-state index contributed by atoms with van der Waals surface area (Å²) in [4.78, 5) is 16.8. The molecule has 0 spiro atoms. The number of likely N-dealkylation sites (N-methyl/N-ethyl adjacent to an activating group) is 1. The molecule has 0 atom stereocenters. The number of anilines is 1. The van der Waals surface area contributed by atoms with Crippen molar-refractivity contribution in [2.24, 2.45) is 0 Å². The fourth-order valence-corrected chi connectivity index (χ4v) is 2.24. The van der Waals surface area contributed by atoms with Gasteiger partial charge in [0.25, 0.3) is 0 Å². The van der Waals surface area contributed by atoms with Crippen LogP contribution in [0.4, 0.5) is 5.95 Å². The van der Waals surface area contributed by atoms with Gasteiger partial charge in [0.1, 0.15) is 0 Å². The number of nitrogens with one attached hydrogen (secondary N) is 1. The highest BCUT2D eigenvalue weighted by molar-refractivity contribution is 5.73. The number of hydrogen-bond donors (Lipinski definition) is 1. The van der Waals surface area contributed by atoms with Crippen LogP contribution in [0.5, 0.6) is 0 Å². The van der Waals surface area contributed by atoms with Crippen molar-refractivity contribution in [1.82, 2.24) is 19.9 Å². The number of aromatic nitrogens is 3. The van der Waals surface area contributed by atoms with Crippen molar-refractivity contribution >= 4 is 17.1 Å². The maximum absolute atomic E-state index is 4.54. The fraction of sp³-hybridized carbons (Fsp3) is 0.500. The Bertz CT molecular complexity index is 473. The Morgan fingerprint density at radius 3 is 3.06 bits per heavy atom. The number of rotatable bonds is 1. The van der Waals surface area contributed by atoms with Gasteiger partial charge < -0.3 is 14.8 Å². The summed E-state index contributed by atoms with van der Waals surface area (Å²) in [6.45, 7) is 4.33. The summed E-state index contributed by atoms with van der Waals surface area (Å²) in [7, 11) is 2.17. The van der Waals surface area contributed by atoms with E-state index >= 15 is 0 Å². The Balaban J connectivity index is 1.87. The molecule has 0 radical (unpaired) electrons. The van der Waals surface area contributed by atoms with Crippen molar-refractivity contribution in [1.29, 1.82) is 0 Å². The van der Waals surface area contributed by atoms with Crippen LogP contribution in [-0.2, 0) is 0 Å². The summed E-state index contributed by atoms with van der Waals surface area (Å²) in [5.41, 5.74) is 1.82. The van der Waals surface area contributed by atoms with E-state index in [1.165, 1.54) is 6.42 Å². The van der Waals surface area contributed by atoms with E-state index in [2.05, 4.69) is 31.8 Å². The monoisotopic (exact) mass is 231 g/mol. The van der Waals surface area contributed by atoms with Crippen molar-refractivity contribution in [2.75, 3.05) is 38.1 Å². The number of fused-ring (bicyclic) bond motifs is 1. The van der Waals surface area contributed by atoms with E-state index in [9.17, 15) is 0 Å². The molecule has 90 valence electrons. The molecule has 1 aliphatic heterocycles. The first kappa shape index (κ1) is 10.5. The molecule has 0 unspecified atom stereocenters. The first-order chi connectivity index (χ1) is 8.33. The van der Waals surface area contributed by atoms with Crippen LogP contribution < -0.4 is 4.90 Å². The Morgan fingerprint density at radius 2 is 2.18 bits per heavy atom. The van der Waals surface area contributed by atoms with E-state index < -0.39 is 0 Å². The lowest BCUT2D eigenvalue weighted by molar-refractivity contribution is 0.360. The minimum absolute atomic E-state index is 0.806. The molecule has 0 aliphatic carbocycles. The quantitative estimate of drug-likeness (QED) is 0.798. The molecule has 0 amide bonds. The van der Waals surface area contributed by atoms with Gasteiger partial charge in [-0.1, -0.05) is 0 Å². The second-order valence-electron chi connectivity index (χ2n) is 4.58. The summed E-state index contributed by atoms with van der Waals surface area (Å²) in [6, 6.07) is 3.95. The molecule has 0 bridgehead atoms. The van der Waals surface area contributed by atoms with Crippen LogP contribution in [0.15, 0.2) is 18.3 Å². The molecule has 3 heterocycles. The lowest BCUT2D eigenvalue weighted by Gasteiger charge is -2.19. The zero-order valence-electron chi connectivity index (χ0n) is 10.1. The molecule has 0 aromatic carbocycles. The zero-order chi connectivity index (χ0) is 11.7. The molecule has 17 heavy (non-hydrogen) atoms. The first-order valence-corrected chi connectivity index (χ1v) is 6.07. The van der Waals surface area contributed by atoms with Gasteiger partial charge in [0, 0.05) is 25.8 Å². The summed E-state index contributed by atoms with van der Waals surface area (Å²) in [6.07, 6.45) is 2.96. The minimum Gasteiger partial charge on any atom is -0.341 e. The van der Waals surface area contributed by atoms with E-state index in [1.54, 1.807) is 6.20 Å². The smallest absolute Gasteiger partial charge is 0.205 e. The fourth-order valence-electron chi connectivity index (χ4n) is 2.24. The normalized spacial score (nSPS) is 18.5. The summed E-state index contributed by atoms with van der Waals surface area (Å²) < 4.78 is 0. The van der Waals surface area contributed by atoms with Crippen LogP contribution in [0.1, 0.15) is 6.42 Å². The van der Waals surface area contributed by atoms with Crippen molar-refractivity contribution in [3.05, 3.63) is 18.3 Å². The molecule has 3 rings (SSSR count). The van der Waals surface area contributed by atoms with Gasteiger partial charge in [0.15, 0.2) is 5.65 Å². The molecular weight excluding hydrogens is 214 g/mol. The van der Waals surface area contributed by atoms with E-state index in [0.29, 0.717) is 0 Å². The predicted molar refractivity (Wildman–Crippen MR) is 68.2 cm³/mol. The van der Waals surface area contributed by atoms with Crippen molar-refractivity contribution in [2.45, 2.75) is 6.42 Å². The van der Waals surface area contributed by atoms with E-state index in [1.807, 2.05) is 12.1 Å². The number of imidazole rings is 1. The zero-order valence-corrected chi connectivity index (χ0v) is 10.1. The highest BCUT2D eigenvalue weighted by Gasteiger charge is 2.15. The summed E-state index contributed by atoms with van der Waals surface area (Å²) in [5, 5.41) is 0. The van der Waals surface area contributed by atoms with Gasteiger partial charge in [0.05, 0.1) is 5.52 Å². The Kier molecular flexibility index (Phi) is 2.68. The summed E-state index contributed by atoms with van der Waals surface area (Å²) in [5.74, 6) is 0.953. The largest absolute Gasteiger partial charge is 0.341 e. The molecule has 1 aliphatic rings. The third-order valence-electron chi connectivity index (χ3n) is 3.26. The van der Waals surface area contributed by atoms with Gasteiger partial charge in [-0.3, -0.25) is 0 Å². The average Bonchev–Trinajstić information content (AvgIpc) is 2.65. The highest BCUT2D eigenvalue weighted by atomic mass is 15.3. The SMILES string of the molecule is CN1CCCN(c2nc3ncccc3[nH]2)CC1. The maximum Gasteiger partial charge on any atom is 0.205 e. The molecule has 1 saturated heterocycles. The number of H-pyrrole nitrogens is 1. The van der Waals surface area contributed by atoms with Crippen LogP contribution in [0.2, 0.25) is 0 Å². The topological polar surface area (TPSA) is 48.1 Å². The van der Waals surface area contributed by atoms with Crippen LogP contribution >= 0.6 is 0 Å². The Hall–Kier alpha value is -1.62. The van der Waals surface area contributed by atoms with Gasteiger partial charge >= 0.3 is 0 Å². The van der Waals surface area contributed by atoms with Crippen molar-refractivity contribution in [3.8, 4) is 0 Å². The molecule has 0 saturated carbocycles. The predicted octanol–water partition coefficient (Wildman–Crippen LogP) is 1.10. The standard InChI is InChI=1S/C12H17N5/c1-16-6-3-7-17(9-8-16)12-14-10-4-2-5-13-11(10)15-12/h2,4-5H,3,6-9H2,1H3,(H,13,14,15). The van der Waals surface area contributed by atoms with Crippen LogP contribution in [0.25, 0.3) is 11.2 Å². The molecule has 1 N–H and O–H groups in total. The third-order valence-corrected chi connectivity index (χ3v) is 3.26. The van der Waals surface area contributed by atoms with Crippen LogP contribution in [-0.4, -0.2) is 53.1 Å². The number of nitrogens with zero attached hydrogens (tertiary/aromatic N) is 4. The highest BCUT2D eigenvalue weighted by Crippen LogP contribution is 2.16. The lowest BCUT2D eigenvalue weighted by atomic mass is 10.4. The lowest BCUT2D eigenvalue weighted by Crippen LogP contribution is -2.29. The number of pyridine rings is 1. The molecule has 2 aromatic rings. The third kappa shape index (κ3) is 2.10. The second-order valence-corrected chi connectivity index (χ2v) is 4.58. The van der Waals surface area contributed by atoms with Gasteiger partial charge in [-0.15, -0.1) is 0 Å². The van der Waals surface area contributed by atoms with Gasteiger partial charge in [-0.05, 0) is 32.1 Å². The van der Waals surface area contributed by atoms with Crippen LogP contribution in [0, 0.1) is 0 Å². The minimum atomic E-state index is 0.806. The van der Waals surface area contributed by atoms with E-state index in [-0.39, 0.29) is 0 Å². The average molecular weight is 231 g/mol. The first-order valence-electron chi connectivity index (χ1n) is 6.07. The second kappa shape index (κ2) is 4.33. The van der Waals surface area contributed by atoms with Gasteiger partial charge in [0.2, 0.25) is 5.95 Å². The number of aromatic amines is 1.